The third-order valence-electron chi connectivity index (χ3n) is 12.0. The first kappa shape index (κ1) is 37.1. The molecule has 9 aromatic carbocycles. The Balaban J connectivity index is 1.04. The van der Waals surface area contributed by atoms with Crippen molar-refractivity contribution in [2.24, 2.45) is 0 Å². The fourth-order valence-electron chi connectivity index (χ4n) is 9.16. The number of hydrogen-bond donors (Lipinski definition) is 0. The first-order chi connectivity index (χ1) is 31.7. The van der Waals surface area contributed by atoms with Gasteiger partial charge in [-0.05, 0) is 126 Å². The molecule has 0 aliphatic heterocycles. The van der Waals surface area contributed by atoms with Gasteiger partial charge in [-0.2, -0.15) is 0 Å². The molecule has 0 atom stereocenters. The Kier molecular flexibility index (Phi) is 9.05. The van der Waals surface area contributed by atoms with Crippen LogP contribution in [0.15, 0.2) is 241 Å². The summed E-state index contributed by atoms with van der Waals surface area (Å²) in [6.07, 6.45) is 1.63. The van der Waals surface area contributed by atoms with E-state index in [1.807, 2.05) is 24.3 Å². The molecule has 0 unspecified atom stereocenters. The summed E-state index contributed by atoms with van der Waals surface area (Å²) >= 11 is 0. The quantitative estimate of drug-likeness (QED) is 0.145. The highest BCUT2D eigenvalue weighted by Crippen LogP contribution is 2.43. The first-order valence-corrected chi connectivity index (χ1v) is 21.5. The van der Waals surface area contributed by atoms with Crippen LogP contribution in [0.25, 0.3) is 71.9 Å². The zero-order valence-corrected chi connectivity index (χ0v) is 34.7. The molecule has 12 rings (SSSR count). The number of rotatable bonds is 9. The monoisotopic (exact) mass is 821 g/mol. The van der Waals surface area contributed by atoms with Gasteiger partial charge in [0.1, 0.15) is 23.1 Å². The maximum Gasteiger partial charge on any atom is 0.180 e. The van der Waals surface area contributed by atoms with Crippen molar-refractivity contribution in [1.29, 1.82) is 0 Å². The summed E-state index contributed by atoms with van der Waals surface area (Å²) in [6, 6.07) is 81.5. The van der Waals surface area contributed by atoms with E-state index in [2.05, 4.69) is 226 Å². The summed E-state index contributed by atoms with van der Waals surface area (Å²) in [5.74, 6) is 0. The van der Waals surface area contributed by atoms with Crippen molar-refractivity contribution in [2.45, 2.75) is 0 Å². The van der Waals surface area contributed by atoms with E-state index in [1.54, 1.807) is 6.33 Å². The van der Waals surface area contributed by atoms with Gasteiger partial charge < -0.3 is 18.8 Å². The van der Waals surface area contributed by atoms with Gasteiger partial charge >= 0.3 is 0 Å². The van der Waals surface area contributed by atoms with E-state index in [1.165, 1.54) is 0 Å². The number of fused-ring (bicyclic) bond motifs is 6. The molecule has 3 aromatic heterocycles. The van der Waals surface area contributed by atoms with E-state index >= 15 is 0 Å². The van der Waals surface area contributed by atoms with Crippen LogP contribution in [-0.4, -0.2) is 14.5 Å². The second-order valence-corrected chi connectivity index (χ2v) is 15.9. The molecule has 0 N–H and O–H groups in total. The standard InChI is InChI=1S/C58H39N5O/c1-5-20-43(21-6-1)61(44-22-7-2-8-23-44)48-31-33-53-51(37-48)52-38-49(62(45-24-9-3-10-25-45)46-26-11-4-12-27-46)32-34-54(52)63(53)47-28-16-18-41(36-47)40-17-15-19-42(35-40)56-58-57(60-39-59-56)50-29-13-14-30-55(50)64-58/h1-39H. The summed E-state index contributed by atoms with van der Waals surface area (Å²) in [4.78, 5) is 14.0. The molecule has 0 bridgehead atoms. The average molecular weight is 822 g/mol. The molecule has 64 heavy (non-hydrogen) atoms. The largest absolute Gasteiger partial charge is 0.452 e. The normalized spacial score (nSPS) is 11.4. The van der Waals surface area contributed by atoms with Crippen LogP contribution in [0.2, 0.25) is 0 Å². The summed E-state index contributed by atoms with van der Waals surface area (Å²) in [7, 11) is 0. The van der Waals surface area contributed by atoms with Gasteiger partial charge in [-0.25, -0.2) is 9.97 Å². The number of anilines is 6. The highest BCUT2D eigenvalue weighted by molar-refractivity contribution is 6.12. The van der Waals surface area contributed by atoms with Crippen molar-refractivity contribution in [3.8, 4) is 28.1 Å². The zero-order valence-electron chi connectivity index (χ0n) is 34.7. The number of benzene rings is 9. The third-order valence-corrected chi connectivity index (χ3v) is 12.0. The lowest BCUT2D eigenvalue weighted by atomic mass is 10.0. The van der Waals surface area contributed by atoms with Crippen LogP contribution in [0.3, 0.4) is 0 Å². The van der Waals surface area contributed by atoms with Crippen LogP contribution in [0.4, 0.5) is 34.1 Å². The van der Waals surface area contributed by atoms with Crippen LogP contribution in [0.1, 0.15) is 0 Å². The molecule has 0 aliphatic carbocycles. The van der Waals surface area contributed by atoms with Gasteiger partial charge in [-0.1, -0.05) is 115 Å². The average Bonchev–Trinajstić information content (AvgIpc) is 3.91. The second-order valence-electron chi connectivity index (χ2n) is 15.9. The Morgan fingerprint density at radius 2 is 0.844 bits per heavy atom. The molecule has 3 heterocycles. The Labute approximate surface area is 370 Å². The number of furan rings is 1. The van der Waals surface area contributed by atoms with Gasteiger partial charge in [-0.15, -0.1) is 0 Å². The fourth-order valence-corrected chi connectivity index (χ4v) is 9.16. The molecule has 0 saturated carbocycles. The fraction of sp³-hybridized carbons (Fsp3) is 0. The molecule has 6 nitrogen and oxygen atoms in total. The lowest BCUT2D eigenvalue weighted by Gasteiger charge is -2.26. The van der Waals surface area contributed by atoms with Crippen molar-refractivity contribution in [1.82, 2.24) is 14.5 Å². The summed E-state index contributed by atoms with van der Waals surface area (Å²) < 4.78 is 8.75. The zero-order chi connectivity index (χ0) is 42.4. The van der Waals surface area contributed by atoms with E-state index in [-0.39, 0.29) is 0 Å². The first-order valence-electron chi connectivity index (χ1n) is 21.5. The molecule has 12 aromatic rings. The molecule has 0 fully saturated rings. The summed E-state index contributed by atoms with van der Waals surface area (Å²) in [6.45, 7) is 0. The van der Waals surface area contributed by atoms with Crippen molar-refractivity contribution >= 4 is 78.0 Å². The van der Waals surface area contributed by atoms with Crippen LogP contribution >= 0.6 is 0 Å². The molecule has 0 amide bonds. The highest BCUT2D eigenvalue weighted by atomic mass is 16.3. The van der Waals surface area contributed by atoms with Crippen LogP contribution in [0.5, 0.6) is 0 Å². The number of hydrogen-bond acceptors (Lipinski definition) is 5. The second kappa shape index (κ2) is 15.6. The van der Waals surface area contributed by atoms with Gasteiger partial charge in [-0.3, -0.25) is 0 Å². The molecule has 0 spiro atoms. The Morgan fingerprint density at radius 3 is 1.41 bits per heavy atom. The van der Waals surface area contributed by atoms with E-state index in [0.29, 0.717) is 5.58 Å². The minimum Gasteiger partial charge on any atom is -0.452 e. The van der Waals surface area contributed by atoms with E-state index in [0.717, 1.165) is 100 Å². The summed E-state index contributed by atoms with van der Waals surface area (Å²) in [5.41, 5.74) is 16.0. The van der Waals surface area contributed by atoms with Crippen molar-refractivity contribution in [3.05, 3.63) is 237 Å². The van der Waals surface area contributed by atoms with Gasteiger partial charge in [0.25, 0.3) is 0 Å². The SMILES string of the molecule is c1ccc(N(c2ccccc2)c2ccc3c(c2)c2cc(N(c4ccccc4)c4ccccc4)ccc2n3-c2cccc(-c3cccc(-c4ncnc5c4oc4ccccc45)c3)c2)cc1. The van der Waals surface area contributed by atoms with Gasteiger partial charge in [0.2, 0.25) is 0 Å². The topological polar surface area (TPSA) is 50.3 Å². The van der Waals surface area contributed by atoms with Crippen molar-refractivity contribution < 1.29 is 4.42 Å². The molecule has 6 heteroatoms. The predicted octanol–water partition coefficient (Wildman–Crippen LogP) is 15.7. The van der Waals surface area contributed by atoms with E-state index in [9.17, 15) is 0 Å². The Bertz CT molecular complexity index is 3400. The molecular weight excluding hydrogens is 783 g/mol. The van der Waals surface area contributed by atoms with Crippen LogP contribution in [-0.2, 0) is 0 Å². The third kappa shape index (κ3) is 6.44. The Morgan fingerprint density at radius 1 is 0.359 bits per heavy atom. The lowest BCUT2D eigenvalue weighted by molar-refractivity contribution is 0.667. The number of aromatic nitrogens is 3. The molecular formula is C58H39N5O. The minimum atomic E-state index is 0.690. The van der Waals surface area contributed by atoms with Gasteiger partial charge in [0.05, 0.1) is 11.0 Å². The molecule has 0 aliphatic rings. The maximum absolute atomic E-state index is 6.35. The molecule has 0 radical (unpaired) electrons. The van der Waals surface area contributed by atoms with Crippen molar-refractivity contribution in [2.75, 3.05) is 9.80 Å². The van der Waals surface area contributed by atoms with Gasteiger partial charge in [0, 0.05) is 61.5 Å². The minimum absolute atomic E-state index is 0.690. The molecule has 302 valence electrons. The lowest BCUT2D eigenvalue weighted by Crippen LogP contribution is -2.09. The van der Waals surface area contributed by atoms with Gasteiger partial charge in [0.15, 0.2) is 5.58 Å². The molecule has 0 saturated heterocycles. The predicted molar refractivity (Wildman–Crippen MR) is 264 cm³/mol. The highest BCUT2D eigenvalue weighted by Gasteiger charge is 2.21. The Hall–Kier alpha value is -8.74. The van der Waals surface area contributed by atoms with Crippen LogP contribution in [0, 0.1) is 0 Å². The number of para-hydroxylation sites is 5. The van der Waals surface area contributed by atoms with Crippen LogP contribution < -0.4 is 9.80 Å². The van der Waals surface area contributed by atoms with E-state index < -0.39 is 0 Å². The van der Waals surface area contributed by atoms with E-state index in [4.69, 9.17) is 9.40 Å². The summed E-state index contributed by atoms with van der Waals surface area (Å²) in [5, 5.41) is 3.28. The smallest absolute Gasteiger partial charge is 0.180 e. The number of nitrogens with zero attached hydrogens (tertiary/aromatic N) is 5. The van der Waals surface area contributed by atoms with Crippen molar-refractivity contribution in [3.63, 3.8) is 0 Å². The maximum atomic E-state index is 6.35.